The molecule has 1 aliphatic carbocycles. The maximum atomic E-state index is 11.3. The van der Waals surface area contributed by atoms with Gasteiger partial charge in [-0.3, -0.25) is 0 Å². The average molecular weight is 196 g/mol. The highest BCUT2D eigenvalue weighted by molar-refractivity contribution is 5.85. The van der Waals surface area contributed by atoms with Crippen LogP contribution in [0, 0.1) is 0 Å². The molecule has 1 aliphatic rings. The van der Waals surface area contributed by atoms with E-state index >= 15 is 0 Å². The molecular formula is C11H16O3. The third-order valence-corrected chi connectivity index (χ3v) is 2.18. The van der Waals surface area contributed by atoms with E-state index in [9.17, 15) is 4.79 Å². The van der Waals surface area contributed by atoms with Crippen molar-refractivity contribution < 1.29 is 14.3 Å². The lowest BCUT2D eigenvalue weighted by Gasteiger charge is -2.12. The zero-order valence-electron chi connectivity index (χ0n) is 8.33. The van der Waals surface area contributed by atoms with Gasteiger partial charge in [0.2, 0.25) is 0 Å². The summed E-state index contributed by atoms with van der Waals surface area (Å²) < 4.78 is 10.1. The number of carbonyl (C=O) groups is 1. The molecule has 3 heteroatoms. The van der Waals surface area contributed by atoms with Crippen LogP contribution in [-0.4, -0.2) is 18.7 Å². The molecule has 0 N–H and O–H groups in total. The van der Waals surface area contributed by atoms with Crippen molar-refractivity contribution in [3.8, 4) is 0 Å². The van der Waals surface area contributed by atoms with Gasteiger partial charge in [-0.25, -0.2) is 4.79 Å². The third-order valence-electron chi connectivity index (χ3n) is 2.18. The van der Waals surface area contributed by atoms with Gasteiger partial charge in [0.05, 0.1) is 0 Å². The molecule has 0 atom stereocenters. The molecule has 0 unspecified atom stereocenters. The molecule has 1 saturated carbocycles. The number of hydrogen-bond donors (Lipinski definition) is 0. The van der Waals surface area contributed by atoms with Crippen LogP contribution in [0.15, 0.2) is 25.0 Å². The fourth-order valence-electron chi connectivity index (χ4n) is 1.44. The standard InChI is InChI=1S/C11H16O3/c1-3-8-13-9(2)11(12)14-10-6-4-5-7-10/h3,10H,1-2,4-8H2. The Kier molecular flexibility index (Phi) is 4.23. The second-order valence-electron chi connectivity index (χ2n) is 3.33. The molecule has 0 amide bonds. The van der Waals surface area contributed by atoms with Gasteiger partial charge in [0.15, 0.2) is 5.76 Å². The second-order valence-corrected chi connectivity index (χ2v) is 3.33. The van der Waals surface area contributed by atoms with Crippen LogP contribution in [0.3, 0.4) is 0 Å². The van der Waals surface area contributed by atoms with Gasteiger partial charge in [0.25, 0.3) is 0 Å². The van der Waals surface area contributed by atoms with E-state index in [1.165, 1.54) is 0 Å². The van der Waals surface area contributed by atoms with E-state index in [0.717, 1.165) is 25.7 Å². The Hall–Kier alpha value is -1.25. The normalized spacial score (nSPS) is 16.3. The van der Waals surface area contributed by atoms with Crippen molar-refractivity contribution in [2.75, 3.05) is 6.61 Å². The minimum atomic E-state index is -0.446. The molecule has 3 nitrogen and oxygen atoms in total. The van der Waals surface area contributed by atoms with Gasteiger partial charge < -0.3 is 9.47 Å². The summed E-state index contributed by atoms with van der Waals surface area (Å²) >= 11 is 0. The van der Waals surface area contributed by atoms with Crippen LogP contribution in [0.5, 0.6) is 0 Å². The second kappa shape index (κ2) is 5.47. The number of esters is 1. The van der Waals surface area contributed by atoms with Crippen molar-refractivity contribution in [3.63, 3.8) is 0 Å². The highest BCUT2D eigenvalue weighted by atomic mass is 16.6. The lowest BCUT2D eigenvalue weighted by Crippen LogP contribution is -2.17. The largest absolute Gasteiger partial charge is 0.483 e. The van der Waals surface area contributed by atoms with Crippen LogP contribution in [0.2, 0.25) is 0 Å². The van der Waals surface area contributed by atoms with E-state index in [1.54, 1.807) is 6.08 Å². The molecule has 0 spiro atoms. The molecule has 0 aliphatic heterocycles. The summed E-state index contributed by atoms with van der Waals surface area (Å²) in [5.41, 5.74) is 0. The first-order valence-electron chi connectivity index (χ1n) is 4.87. The van der Waals surface area contributed by atoms with Crippen molar-refractivity contribution >= 4 is 5.97 Å². The smallest absolute Gasteiger partial charge is 0.373 e. The summed E-state index contributed by atoms with van der Waals surface area (Å²) in [6, 6.07) is 0. The number of ether oxygens (including phenoxy) is 2. The Morgan fingerprint density at radius 1 is 1.43 bits per heavy atom. The minimum Gasteiger partial charge on any atom is -0.483 e. The maximum absolute atomic E-state index is 11.3. The van der Waals surface area contributed by atoms with Crippen LogP contribution in [-0.2, 0) is 14.3 Å². The quantitative estimate of drug-likeness (QED) is 0.292. The van der Waals surface area contributed by atoms with E-state index in [4.69, 9.17) is 9.47 Å². The van der Waals surface area contributed by atoms with Crippen LogP contribution >= 0.6 is 0 Å². The molecule has 14 heavy (non-hydrogen) atoms. The summed E-state index contributed by atoms with van der Waals surface area (Å²) in [6.07, 6.45) is 5.82. The fraction of sp³-hybridized carbons (Fsp3) is 0.545. The minimum absolute atomic E-state index is 0.0616. The number of carbonyl (C=O) groups excluding carboxylic acids is 1. The Labute approximate surface area is 84.4 Å². The Bertz CT molecular complexity index is 227. The molecule has 1 rings (SSSR count). The zero-order valence-corrected chi connectivity index (χ0v) is 8.33. The SMILES string of the molecule is C=CCOC(=C)C(=O)OC1CCCC1. The third kappa shape index (κ3) is 3.24. The van der Waals surface area contributed by atoms with Crippen LogP contribution in [0.25, 0.3) is 0 Å². The number of rotatable bonds is 5. The van der Waals surface area contributed by atoms with Crippen LogP contribution in [0.1, 0.15) is 25.7 Å². The predicted molar refractivity (Wildman–Crippen MR) is 53.6 cm³/mol. The van der Waals surface area contributed by atoms with Gasteiger partial charge in [-0.15, -0.1) is 0 Å². The molecule has 0 heterocycles. The highest BCUT2D eigenvalue weighted by Gasteiger charge is 2.20. The Balaban J connectivity index is 2.25. The molecule has 0 bridgehead atoms. The molecule has 78 valence electrons. The van der Waals surface area contributed by atoms with Crippen molar-refractivity contribution in [1.82, 2.24) is 0 Å². The summed E-state index contributed by atoms with van der Waals surface area (Å²) in [5.74, 6) is -0.379. The molecule has 0 aromatic carbocycles. The van der Waals surface area contributed by atoms with E-state index in [0.29, 0.717) is 6.61 Å². The molecule has 1 fully saturated rings. The van der Waals surface area contributed by atoms with Crippen LogP contribution < -0.4 is 0 Å². The summed E-state index contributed by atoms with van der Waals surface area (Å²) in [6.45, 7) is 7.26. The van der Waals surface area contributed by atoms with E-state index in [2.05, 4.69) is 13.2 Å². The first-order chi connectivity index (χ1) is 6.74. The van der Waals surface area contributed by atoms with Crippen LogP contribution in [0.4, 0.5) is 0 Å². The van der Waals surface area contributed by atoms with Crippen molar-refractivity contribution in [2.45, 2.75) is 31.8 Å². The lowest BCUT2D eigenvalue weighted by molar-refractivity contribution is -0.147. The lowest BCUT2D eigenvalue weighted by atomic mass is 10.3. The van der Waals surface area contributed by atoms with Gasteiger partial charge in [0, 0.05) is 0 Å². The highest BCUT2D eigenvalue weighted by Crippen LogP contribution is 2.21. The topological polar surface area (TPSA) is 35.5 Å². The Morgan fingerprint density at radius 3 is 2.64 bits per heavy atom. The van der Waals surface area contributed by atoms with Gasteiger partial charge in [-0.05, 0) is 32.3 Å². The predicted octanol–water partition coefficient (Wildman–Crippen LogP) is 2.19. The van der Waals surface area contributed by atoms with Crippen molar-refractivity contribution in [1.29, 1.82) is 0 Å². The Morgan fingerprint density at radius 2 is 2.07 bits per heavy atom. The molecular weight excluding hydrogens is 180 g/mol. The first kappa shape index (κ1) is 10.8. The summed E-state index contributed by atoms with van der Waals surface area (Å²) in [7, 11) is 0. The monoisotopic (exact) mass is 196 g/mol. The fourth-order valence-corrected chi connectivity index (χ4v) is 1.44. The summed E-state index contributed by atoms with van der Waals surface area (Å²) in [4.78, 5) is 11.3. The van der Waals surface area contributed by atoms with E-state index in [-0.39, 0.29) is 11.9 Å². The molecule has 0 aromatic rings. The van der Waals surface area contributed by atoms with Gasteiger partial charge in [-0.2, -0.15) is 0 Å². The van der Waals surface area contributed by atoms with Crippen molar-refractivity contribution in [2.24, 2.45) is 0 Å². The van der Waals surface area contributed by atoms with E-state index < -0.39 is 5.97 Å². The number of hydrogen-bond acceptors (Lipinski definition) is 3. The average Bonchev–Trinajstić information content (AvgIpc) is 2.66. The molecule has 0 aromatic heterocycles. The van der Waals surface area contributed by atoms with E-state index in [1.807, 2.05) is 0 Å². The van der Waals surface area contributed by atoms with Gasteiger partial charge in [-0.1, -0.05) is 12.7 Å². The van der Waals surface area contributed by atoms with Gasteiger partial charge >= 0.3 is 5.97 Å². The van der Waals surface area contributed by atoms with Crippen molar-refractivity contribution in [3.05, 3.63) is 25.0 Å². The molecule has 0 radical (unpaired) electrons. The summed E-state index contributed by atoms with van der Waals surface area (Å²) in [5, 5.41) is 0. The van der Waals surface area contributed by atoms with Gasteiger partial charge in [0.1, 0.15) is 12.7 Å². The maximum Gasteiger partial charge on any atom is 0.373 e. The zero-order chi connectivity index (χ0) is 10.4. The first-order valence-corrected chi connectivity index (χ1v) is 4.87. The molecule has 0 saturated heterocycles.